The normalized spacial score (nSPS) is 24.4. The van der Waals surface area contributed by atoms with E-state index in [4.69, 9.17) is 4.74 Å². The second-order valence-electron chi connectivity index (χ2n) is 4.92. The highest BCUT2D eigenvalue weighted by Crippen LogP contribution is 2.29. The molecular weight excluding hydrogens is 216 g/mol. The number of urea groups is 1. The third-order valence-electron chi connectivity index (χ3n) is 3.69. The molecule has 4 heteroatoms. The molecule has 0 heterocycles. The molecule has 0 unspecified atom stereocenters. The maximum atomic E-state index is 11.4. The number of nitrogens with one attached hydrogen (secondary N) is 2. The summed E-state index contributed by atoms with van der Waals surface area (Å²) in [7, 11) is 1.63. The van der Waals surface area contributed by atoms with Gasteiger partial charge in [-0.25, -0.2) is 4.79 Å². The number of carbonyl (C=O) groups excluding carboxylic acids is 1. The van der Waals surface area contributed by atoms with Gasteiger partial charge in [0.1, 0.15) is 0 Å². The Morgan fingerprint density at radius 1 is 1.18 bits per heavy atom. The van der Waals surface area contributed by atoms with E-state index in [1.54, 1.807) is 7.11 Å². The lowest BCUT2D eigenvalue weighted by atomic mass is 9.81. The van der Waals surface area contributed by atoms with Gasteiger partial charge < -0.3 is 15.4 Å². The van der Waals surface area contributed by atoms with Crippen LogP contribution in [-0.4, -0.2) is 32.8 Å². The third kappa shape index (κ3) is 5.91. The van der Waals surface area contributed by atoms with Crippen molar-refractivity contribution in [2.24, 2.45) is 11.8 Å². The summed E-state index contributed by atoms with van der Waals surface area (Å²) in [6, 6.07) is -0.0698. The fourth-order valence-corrected chi connectivity index (χ4v) is 2.41. The van der Waals surface area contributed by atoms with Gasteiger partial charge in [0, 0.05) is 20.2 Å². The maximum Gasteiger partial charge on any atom is 0.314 e. The van der Waals surface area contributed by atoms with Crippen molar-refractivity contribution in [1.29, 1.82) is 0 Å². The van der Waals surface area contributed by atoms with Gasteiger partial charge in [-0.2, -0.15) is 0 Å². The van der Waals surface area contributed by atoms with Gasteiger partial charge in [0.25, 0.3) is 0 Å². The van der Waals surface area contributed by atoms with Crippen LogP contribution < -0.4 is 10.6 Å². The second kappa shape index (κ2) is 8.34. The predicted molar refractivity (Wildman–Crippen MR) is 69.0 cm³/mol. The Morgan fingerprint density at radius 3 is 2.41 bits per heavy atom. The average molecular weight is 242 g/mol. The van der Waals surface area contributed by atoms with Gasteiger partial charge in [0.05, 0.1) is 6.61 Å². The third-order valence-corrected chi connectivity index (χ3v) is 3.69. The van der Waals surface area contributed by atoms with E-state index in [1.165, 1.54) is 32.1 Å². The van der Waals surface area contributed by atoms with Crippen LogP contribution in [0.1, 0.15) is 39.0 Å². The standard InChI is InChI=1S/C13H26N2O2/c1-3-11-4-6-12(7-5-11)10-15-13(16)14-8-9-17-2/h11-12H,3-10H2,1-2H3,(H2,14,15,16). The first-order valence-electron chi connectivity index (χ1n) is 6.76. The monoisotopic (exact) mass is 242 g/mol. The Balaban J connectivity index is 2.04. The van der Waals surface area contributed by atoms with E-state index in [-0.39, 0.29) is 6.03 Å². The summed E-state index contributed by atoms with van der Waals surface area (Å²) in [4.78, 5) is 11.4. The summed E-state index contributed by atoms with van der Waals surface area (Å²) in [6.07, 6.45) is 6.48. The van der Waals surface area contributed by atoms with E-state index >= 15 is 0 Å². The fraction of sp³-hybridized carbons (Fsp3) is 0.923. The molecule has 0 aromatic carbocycles. The molecule has 0 bridgehead atoms. The number of ether oxygens (including phenoxy) is 1. The van der Waals surface area contributed by atoms with Gasteiger partial charge in [-0.15, -0.1) is 0 Å². The number of rotatable bonds is 6. The molecule has 0 atom stereocenters. The van der Waals surface area contributed by atoms with Crippen LogP contribution in [0, 0.1) is 11.8 Å². The van der Waals surface area contributed by atoms with Crippen molar-refractivity contribution in [3.05, 3.63) is 0 Å². The molecule has 1 saturated carbocycles. The van der Waals surface area contributed by atoms with Crippen molar-refractivity contribution in [2.75, 3.05) is 26.8 Å². The Hall–Kier alpha value is -0.770. The van der Waals surface area contributed by atoms with Crippen molar-refractivity contribution in [3.63, 3.8) is 0 Å². The van der Waals surface area contributed by atoms with Gasteiger partial charge >= 0.3 is 6.03 Å². The van der Waals surface area contributed by atoms with Crippen LogP contribution in [0.5, 0.6) is 0 Å². The van der Waals surface area contributed by atoms with Crippen molar-refractivity contribution < 1.29 is 9.53 Å². The molecule has 0 aromatic heterocycles. The summed E-state index contributed by atoms with van der Waals surface area (Å²) in [6.45, 7) is 4.22. The zero-order chi connectivity index (χ0) is 12.5. The number of hydrogen-bond donors (Lipinski definition) is 2. The molecular formula is C13H26N2O2. The lowest BCUT2D eigenvalue weighted by molar-refractivity contribution is 0.194. The van der Waals surface area contributed by atoms with E-state index in [1.807, 2.05) is 0 Å². The van der Waals surface area contributed by atoms with Crippen molar-refractivity contribution in [3.8, 4) is 0 Å². The number of hydrogen-bond acceptors (Lipinski definition) is 2. The molecule has 4 nitrogen and oxygen atoms in total. The van der Waals surface area contributed by atoms with Gasteiger partial charge in [-0.1, -0.05) is 26.2 Å². The molecule has 0 aromatic rings. The minimum atomic E-state index is -0.0698. The topological polar surface area (TPSA) is 50.4 Å². The largest absolute Gasteiger partial charge is 0.383 e. The summed E-state index contributed by atoms with van der Waals surface area (Å²) in [5, 5.41) is 5.71. The minimum absolute atomic E-state index is 0.0698. The summed E-state index contributed by atoms with van der Waals surface area (Å²) in [5.74, 6) is 1.59. The van der Waals surface area contributed by atoms with E-state index in [9.17, 15) is 4.79 Å². The number of amides is 2. The Labute approximate surface area is 104 Å². The molecule has 1 fully saturated rings. The molecule has 0 radical (unpaired) electrons. The smallest absolute Gasteiger partial charge is 0.314 e. The van der Waals surface area contributed by atoms with E-state index < -0.39 is 0 Å². The molecule has 2 amide bonds. The molecule has 1 rings (SSSR count). The van der Waals surface area contributed by atoms with Crippen molar-refractivity contribution >= 4 is 6.03 Å². The van der Waals surface area contributed by atoms with Crippen LogP contribution in [-0.2, 0) is 4.74 Å². The van der Waals surface area contributed by atoms with Crippen LogP contribution in [0.4, 0.5) is 4.79 Å². The van der Waals surface area contributed by atoms with E-state index in [0.29, 0.717) is 19.1 Å². The van der Waals surface area contributed by atoms with Crippen LogP contribution in [0.15, 0.2) is 0 Å². The Bertz CT molecular complexity index is 213. The van der Waals surface area contributed by atoms with E-state index in [2.05, 4.69) is 17.6 Å². The number of carbonyl (C=O) groups is 1. The summed E-state index contributed by atoms with van der Waals surface area (Å²) in [5.41, 5.74) is 0. The lowest BCUT2D eigenvalue weighted by Crippen LogP contribution is -2.40. The van der Waals surface area contributed by atoms with Crippen LogP contribution >= 0.6 is 0 Å². The highest BCUT2D eigenvalue weighted by Gasteiger charge is 2.20. The minimum Gasteiger partial charge on any atom is -0.383 e. The van der Waals surface area contributed by atoms with Crippen molar-refractivity contribution in [2.45, 2.75) is 39.0 Å². The molecule has 0 spiro atoms. The maximum absolute atomic E-state index is 11.4. The Kier molecular flexibility index (Phi) is 7.01. The first-order valence-corrected chi connectivity index (χ1v) is 6.76. The van der Waals surface area contributed by atoms with E-state index in [0.717, 1.165) is 12.5 Å². The highest BCUT2D eigenvalue weighted by atomic mass is 16.5. The van der Waals surface area contributed by atoms with Crippen LogP contribution in [0.25, 0.3) is 0 Å². The summed E-state index contributed by atoms with van der Waals surface area (Å²) >= 11 is 0. The first-order chi connectivity index (χ1) is 8.26. The van der Waals surface area contributed by atoms with Crippen molar-refractivity contribution in [1.82, 2.24) is 10.6 Å². The Morgan fingerprint density at radius 2 is 1.82 bits per heavy atom. The first kappa shape index (κ1) is 14.3. The fourth-order valence-electron chi connectivity index (χ4n) is 2.41. The van der Waals surface area contributed by atoms with Gasteiger partial charge in [-0.3, -0.25) is 0 Å². The molecule has 1 aliphatic carbocycles. The molecule has 0 aliphatic heterocycles. The quantitative estimate of drug-likeness (QED) is 0.701. The molecule has 2 N–H and O–H groups in total. The number of methoxy groups -OCH3 is 1. The van der Waals surface area contributed by atoms with Gasteiger partial charge in [0.15, 0.2) is 0 Å². The van der Waals surface area contributed by atoms with Crippen LogP contribution in [0.2, 0.25) is 0 Å². The molecule has 0 saturated heterocycles. The molecule has 1 aliphatic rings. The van der Waals surface area contributed by atoms with Crippen LogP contribution in [0.3, 0.4) is 0 Å². The summed E-state index contributed by atoms with van der Waals surface area (Å²) < 4.78 is 4.87. The average Bonchev–Trinajstić information content (AvgIpc) is 2.37. The zero-order valence-corrected chi connectivity index (χ0v) is 11.1. The lowest BCUT2D eigenvalue weighted by Gasteiger charge is -2.27. The second-order valence-corrected chi connectivity index (χ2v) is 4.92. The zero-order valence-electron chi connectivity index (χ0n) is 11.1. The van der Waals surface area contributed by atoms with Gasteiger partial charge in [0.2, 0.25) is 0 Å². The molecule has 100 valence electrons. The predicted octanol–water partition coefficient (Wildman–Crippen LogP) is 2.15. The highest BCUT2D eigenvalue weighted by molar-refractivity contribution is 5.73. The van der Waals surface area contributed by atoms with Gasteiger partial charge in [-0.05, 0) is 24.7 Å². The molecule has 17 heavy (non-hydrogen) atoms. The SMILES string of the molecule is CCC1CCC(CNC(=O)NCCOC)CC1.